The number of aromatic amines is 1. The van der Waals surface area contributed by atoms with E-state index < -0.39 is 0 Å². The van der Waals surface area contributed by atoms with Crippen molar-refractivity contribution in [3.8, 4) is 0 Å². The highest BCUT2D eigenvalue weighted by Gasteiger charge is 2.46. The van der Waals surface area contributed by atoms with E-state index >= 15 is 0 Å². The molecule has 2 fully saturated rings. The molecule has 5 heteroatoms. The van der Waals surface area contributed by atoms with Crippen LogP contribution in [0.15, 0.2) is 30.5 Å². The Hall–Kier alpha value is -1.46. The Morgan fingerprint density at radius 2 is 2.04 bits per heavy atom. The summed E-state index contributed by atoms with van der Waals surface area (Å²) in [5.41, 5.74) is 2.49. The number of carbonyl (C=O) groups excluding carboxylic acids is 1. The molecule has 0 unspecified atom stereocenters. The highest BCUT2D eigenvalue weighted by Crippen LogP contribution is 2.44. The van der Waals surface area contributed by atoms with Crippen LogP contribution in [0.1, 0.15) is 18.4 Å². The first-order chi connectivity index (χ1) is 11.2. The molecule has 1 aromatic heterocycles. The maximum absolute atomic E-state index is 12.4. The Bertz CT molecular complexity index is 718. The van der Waals surface area contributed by atoms with E-state index in [0.717, 1.165) is 38.9 Å². The molecule has 0 saturated carbocycles. The van der Waals surface area contributed by atoms with Crippen LogP contribution in [0.5, 0.6) is 0 Å². The van der Waals surface area contributed by atoms with Crippen LogP contribution < -0.4 is 0 Å². The normalized spacial score (nSPS) is 21.6. The average Bonchev–Trinajstić information content (AvgIpc) is 3.11. The van der Waals surface area contributed by atoms with Gasteiger partial charge in [0.25, 0.3) is 0 Å². The van der Waals surface area contributed by atoms with Gasteiger partial charge in [-0.2, -0.15) is 0 Å². The van der Waals surface area contributed by atoms with Crippen molar-refractivity contribution in [3.05, 3.63) is 36.0 Å². The molecule has 2 aliphatic heterocycles. The predicted octanol–water partition coefficient (Wildman–Crippen LogP) is 2.71. The number of carbonyl (C=O) groups is 1. The van der Waals surface area contributed by atoms with E-state index in [0.29, 0.717) is 11.7 Å². The van der Waals surface area contributed by atoms with Gasteiger partial charge in [0, 0.05) is 36.7 Å². The summed E-state index contributed by atoms with van der Waals surface area (Å²) in [6.45, 7) is 3.01. The monoisotopic (exact) mass is 329 g/mol. The lowest BCUT2D eigenvalue weighted by Crippen LogP contribution is -2.51. The number of rotatable bonds is 3. The van der Waals surface area contributed by atoms with Crippen molar-refractivity contribution in [2.24, 2.45) is 0 Å². The fraction of sp³-hybridized carbons (Fsp3) is 0.500. The third-order valence-electron chi connectivity index (χ3n) is 5.31. The molecule has 0 aliphatic carbocycles. The summed E-state index contributed by atoms with van der Waals surface area (Å²) in [6.07, 6.45) is 5.20. The van der Waals surface area contributed by atoms with E-state index in [1.54, 1.807) is 0 Å². The number of nitrogens with zero attached hydrogens (tertiary/aromatic N) is 2. The van der Waals surface area contributed by atoms with E-state index in [1.165, 1.54) is 16.5 Å². The van der Waals surface area contributed by atoms with Crippen molar-refractivity contribution in [1.29, 1.82) is 0 Å². The minimum absolute atomic E-state index is 0.0513. The van der Waals surface area contributed by atoms with Gasteiger partial charge in [-0.25, -0.2) is 0 Å². The predicted molar refractivity (Wildman–Crippen MR) is 95.6 cm³/mol. The number of benzene rings is 1. The minimum atomic E-state index is 0.0513. The van der Waals surface area contributed by atoms with Gasteiger partial charge >= 0.3 is 0 Å². The van der Waals surface area contributed by atoms with E-state index in [1.807, 2.05) is 11.8 Å². The number of nitrogens with one attached hydrogen (secondary N) is 1. The van der Waals surface area contributed by atoms with Crippen molar-refractivity contribution < 1.29 is 4.79 Å². The van der Waals surface area contributed by atoms with Gasteiger partial charge in [-0.1, -0.05) is 18.2 Å². The molecule has 3 heterocycles. The zero-order valence-electron chi connectivity index (χ0n) is 13.5. The van der Waals surface area contributed by atoms with Crippen LogP contribution in [-0.4, -0.2) is 58.0 Å². The maximum atomic E-state index is 12.4. The van der Waals surface area contributed by atoms with E-state index in [2.05, 4.69) is 52.3 Å². The van der Waals surface area contributed by atoms with E-state index in [-0.39, 0.29) is 4.87 Å². The first kappa shape index (κ1) is 15.1. The van der Waals surface area contributed by atoms with Crippen molar-refractivity contribution in [2.45, 2.75) is 24.1 Å². The summed E-state index contributed by atoms with van der Waals surface area (Å²) in [6, 6.07) is 8.40. The molecule has 2 aromatic rings. The van der Waals surface area contributed by atoms with Crippen LogP contribution in [0.3, 0.4) is 0 Å². The molecule has 0 atom stereocenters. The zero-order chi connectivity index (χ0) is 15.9. The highest BCUT2D eigenvalue weighted by molar-refractivity contribution is 8.01. The van der Waals surface area contributed by atoms with Gasteiger partial charge < -0.3 is 14.8 Å². The number of fused-ring (bicyclic) bond motifs is 1. The molecule has 0 bridgehead atoms. The average molecular weight is 329 g/mol. The number of aromatic nitrogens is 1. The topological polar surface area (TPSA) is 39.3 Å². The summed E-state index contributed by atoms with van der Waals surface area (Å²) in [5.74, 6) is 0.969. The molecule has 0 radical (unpaired) electrons. The zero-order valence-corrected chi connectivity index (χ0v) is 14.4. The SMILES string of the molecule is CN1CCC2(CC1)SCC(=O)N2CCc1c[nH]c2ccccc12. The second-order valence-electron chi connectivity index (χ2n) is 6.69. The summed E-state index contributed by atoms with van der Waals surface area (Å²) >= 11 is 1.87. The fourth-order valence-electron chi connectivity index (χ4n) is 3.86. The molecule has 1 amide bonds. The van der Waals surface area contributed by atoms with Crippen LogP contribution in [0.2, 0.25) is 0 Å². The van der Waals surface area contributed by atoms with E-state index in [4.69, 9.17) is 0 Å². The molecule has 1 N–H and O–H groups in total. The van der Waals surface area contributed by atoms with Gasteiger partial charge in [0.05, 0.1) is 10.6 Å². The van der Waals surface area contributed by atoms with Gasteiger partial charge in [0.1, 0.15) is 0 Å². The Balaban J connectivity index is 1.51. The highest BCUT2D eigenvalue weighted by atomic mass is 32.2. The van der Waals surface area contributed by atoms with Gasteiger partial charge in [-0.05, 0) is 37.9 Å². The maximum Gasteiger partial charge on any atom is 0.233 e. The Labute approximate surface area is 141 Å². The molecule has 23 heavy (non-hydrogen) atoms. The van der Waals surface area contributed by atoms with Gasteiger partial charge in [-0.15, -0.1) is 11.8 Å². The lowest BCUT2D eigenvalue weighted by atomic mass is 10.0. The molecular weight excluding hydrogens is 306 g/mol. The smallest absolute Gasteiger partial charge is 0.233 e. The van der Waals surface area contributed by atoms with Crippen LogP contribution in [0.4, 0.5) is 0 Å². The van der Waals surface area contributed by atoms with E-state index in [9.17, 15) is 4.79 Å². The second kappa shape index (κ2) is 5.87. The Kier molecular flexibility index (Phi) is 3.85. The number of thioether (sulfide) groups is 1. The largest absolute Gasteiger partial charge is 0.361 e. The fourth-order valence-corrected chi connectivity index (χ4v) is 5.23. The molecule has 1 aromatic carbocycles. The number of amides is 1. The summed E-state index contributed by atoms with van der Waals surface area (Å²) in [7, 11) is 2.17. The van der Waals surface area contributed by atoms with Crippen molar-refractivity contribution in [1.82, 2.24) is 14.8 Å². The number of para-hydroxylation sites is 1. The Morgan fingerprint density at radius 1 is 1.26 bits per heavy atom. The number of hydrogen-bond donors (Lipinski definition) is 1. The van der Waals surface area contributed by atoms with Gasteiger partial charge in [0.15, 0.2) is 0 Å². The van der Waals surface area contributed by atoms with Crippen molar-refractivity contribution in [2.75, 3.05) is 32.4 Å². The molecule has 4 nitrogen and oxygen atoms in total. The quantitative estimate of drug-likeness (QED) is 0.941. The molecule has 4 rings (SSSR count). The van der Waals surface area contributed by atoms with Crippen LogP contribution in [0, 0.1) is 0 Å². The second-order valence-corrected chi connectivity index (χ2v) is 8.03. The molecule has 2 aliphatic rings. The standard InChI is InChI=1S/C18H23N3OS/c1-20-10-7-18(8-11-20)21(17(22)13-23-18)9-6-14-12-19-16-5-3-2-4-15(14)16/h2-5,12,19H,6-11,13H2,1H3. The Morgan fingerprint density at radius 3 is 2.87 bits per heavy atom. The van der Waals surface area contributed by atoms with Gasteiger partial charge in [0.2, 0.25) is 5.91 Å². The summed E-state index contributed by atoms with van der Waals surface area (Å²) in [5, 5.41) is 1.28. The third-order valence-corrected chi connectivity index (χ3v) is 6.86. The van der Waals surface area contributed by atoms with Crippen LogP contribution in [0.25, 0.3) is 10.9 Å². The van der Waals surface area contributed by atoms with Crippen molar-refractivity contribution >= 4 is 28.6 Å². The third kappa shape index (κ3) is 2.66. The lowest BCUT2D eigenvalue weighted by Gasteiger charge is -2.43. The first-order valence-electron chi connectivity index (χ1n) is 8.36. The molecule has 1 spiro atoms. The summed E-state index contributed by atoms with van der Waals surface area (Å²) in [4.78, 5) is 20.4. The van der Waals surface area contributed by atoms with Crippen molar-refractivity contribution in [3.63, 3.8) is 0 Å². The number of H-pyrrole nitrogens is 1. The molecule has 2 saturated heterocycles. The number of likely N-dealkylation sites (tertiary alicyclic amines) is 1. The summed E-state index contributed by atoms with van der Waals surface area (Å²) < 4.78 is 0. The minimum Gasteiger partial charge on any atom is -0.361 e. The van der Waals surface area contributed by atoms with Crippen LogP contribution in [-0.2, 0) is 11.2 Å². The number of hydrogen-bond acceptors (Lipinski definition) is 3. The number of piperidine rings is 1. The lowest BCUT2D eigenvalue weighted by molar-refractivity contribution is -0.131. The van der Waals surface area contributed by atoms with Crippen LogP contribution >= 0.6 is 11.8 Å². The van der Waals surface area contributed by atoms with Gasteiger partial charge in [-0.3, -0.25) is 4.79 Å². The molecular formula is C18H23N3OS. The first-order valence-corrected chi connectivity index (χ1v) is 9.34. The molecule has 122 valence electrons.